The molecule has 0 aliphatic carbocycles. The molecular weight excluding hydrogens is 694 g/mol. The Labute approximate surface area is 308 Å². The number of fused-ring (bicyclic) bond motifs is 4. The summed E-state index contributed by atoms with van der Waals surface area (Å²) in [5.41, 5.74) is 0.761. The molecule has 2 heterocycles. The molecule has 0 saturated carbocycles. The van der Waals surface area contributed by atoms with Crippen molar-refractivity contribution in [3.8, 4) is 17.2 Å². The smallest absolute Gasteiger partial charge is 0.260 e. The Morgan fingerprint density at radius 3 is 2.48 bits per heavy atom. The zero-order valence-corrected chi connectivity index (χ0v) is 30.7. The van der Waals surface area contributed by atoms with Crippen molar-refractivity contribution in [2.75, 3.05) is 33.4 Å². The van der Waals surface area contributed by atoms with Gasteiger partial charge in [-0.1, -0.05) is 30.7 Å². The lowest BCUT2D eigenvalue weighted by molar-refractivity contribution is -0.133. The minimum Gasteiger partial charge on any atom is -0.493 e. The number of hydrogen-bond donors (Lipinski definition) is 4. The molecule has 4 bridgehead atoms. The number of benzene rings is 2. The number of amides is 4. The molecule has 16 heteroatoms. The Balaban J connectivity index is 1.54. The van der Waals surface area contributed by atoms with E-state index < -0.39 is 35.9 Å². The summed E-state index contributed by atoms with van der Waals surface area (Å²) in [5.74, 6) is -0.713. The molecular formula is C36H48ClN7O8. The normalized spacial score (nSPS) is 19.0. The number of carbonyl (C=O) groups is 4. The highest BCUT2D eigenvalue weighted by Crippen LogP contribution is 2.29. The predicted octanol–water partition coefficient (Wildman–Crippen LogP) is 2.74. The van der Waals surface area contributed by atoms with Crippen LogP contribution in [-0.4, -0.2) is 100 Å². The number of hydrogen-bond acceptors (Lipinski definition) is 10. The SMILES string of the molecule is COc1ccc2cc1OCc1cn(nn1)CCCN(C(=O)COc1ccc(Cl)cc1)CCCCNC(=O)[C@H]([C@@H](C)O)NC(=O)[C@@H](CC(C)C)NC2=O. The minimum absolute atomic E-state index is 0.0142. The maximum absolute atomic E-state index is 13.5. The van der Waals surface area contributed by atoms with Crippen LogP contribution in [0.4, 0.5) is 0 Å². The summed E-state index contributed by atoms with van der Waals surface area (Å²) < 4.78 is 18.8. The van der Waals surface area contributed by atoms with Gasteiger partial charge in [-0.25, -0.2) is 0 Å². The van der Waals surface area contributed by atoms with Gasteiger partial charge in [-0.3, -0.25) is 23.9 Å². The van der Waals surface area contributed by atoms with Gasteiger partial charge in [-0.2, -0.15) is 0 Å². The molecule has 0 fully saturated rings. The molecule has 282 valence electrons. The van der Waals surface area contributed by atoms with Crippen LogP contribution in [0.2, 0.25) is 5.02 Å². The maximum atomic E-state index is 13.5. The molecule has 0 saturated heterocycles. The molecule has 4 amide bonds. The Morgan fingerprint density at radius 2 is 1.77 bits per heavy atom. The summed E-state index contributed by atoms with van der Waals surface area (Å²) >= 11 is 5.97. The zero-order chi connectivity index (χ0) is 37.6. The van der Waals surface area contributed by atoms with Gasteiger partial charge in [0.15, 0.2) is 18.1 Å². The first-order chi connectivity index (χ1) is 24.9. The van der Waals surface area contributed by atoms with Crippen LogP contribution in [0.15, 0.2) is 48.7 Å². The molecule has 0 unspecified atom stereocenters. The van der Waals surface area contributed by atoms with Crippen LogP contribution in [0.25, 0.3) is 0 Å². The fraction of sp³-hybridized carbons (Fsp3) is 0.500. The van der Waals surface area contributed by atoms with E-state index in [1.54, 1.807) is 52.2 Å². The van der Waals surface area contributed by atoms with Crippen molar-refractivity contribution in [3.05, 3.63) is 64.9 Å². The highest BCUT2D eigenvalue weighted by Gasteiger charge is 2.30. The van der Waals surface area contributed by atoms with Gasteiger partial charge in [0.05, 0.1) is 19.4 Å². The monoisotopic (exact) mass is 741 g/mol. The van der Waals surface area contributed by atoms with Crippen LogP contribution >= 0.6 is 11.6 Å². The quantitative estimate of drug-likeness (QED) is 0.281. The molecule has 0 radical (unpaired) electrons. The fourth-order valence-corrected chi connectivity index (χ4v) is 5.63. The van der Waals surface area contributed by atoms with E-state index in [4.69, 9.17) is 25.8 Å². The van der Waals surface area contributed by atoms with Crippen LogP contribution in [0, 0.1) is 5.92 Å². The van der Waals surface area contributed by atoms with Gasteiger partial charge in [-0.15, -0.1) is 5.10 Å². The second-order valence-corrected chi connectivity index (χ2v) is 13.4. The Kier molecular flexibility index (Phi) is 15.1. The highest BCUT2D eigenvalue weighted by molar-refractivity contribution is 6.30. The maximum Gasteiger partial charge on any atom is 0.260 e. The van der Waals surface area contributed by atoms with Crippen LogP contribution < -0.4 is 30.2 Å². The van der Waals surface area contributed by atoms with E-state index in [-0.39, 0.29) is 49.3 Å². The predicted molar refractivity (Wildman–Crippen MR) is 192 cm³/mol. The van der Waals surface area contributed by atoms with Crippen LogP contribution in [-0.2, 0) is 27.5 Å². The number of aromatic nitrogens is 3. The molecule has 15 nitrogen and oxygen atoms in total. The number of nitrogens with zero attached hydrogens (tertiary/aromatic N) is 4. The van der Waals surface area contributed by atoms with E-state index in [0.29, 0.717) is 61.1 Å². The van der Waals surface area contributed by atoms with Gasteiger partial charge in [0.1, 0.15) is 30.1 Å². The number of aliphatic hydroxyl groups is 1. The van der Waals surface area contributed by atoms with E-state index in [1.165, 1.54) is 20.1 Å². The van der Waals surface area contributed by atoms with E-state index in [9.17, 15) is 24.3 Å². The molecule has 52 heavy (non-hydrogen) atoms. The molecule has 2 aromatic carbocycles. The number of carbonyl (C=O) groups excluding carboxylic acids is 4. The van der Waals surface area contributed by atoms with E-state index in [1.807, 2.05) is 13.8 Å². The summed E-state index contributed by atoms with van der Waals surface area (Å²) in [4.78, 5) is 55.0. The van der Waals surface area contributed by atoms with Gasteiger partial charge in [-0.05, 0) is 81.0 Å². The van der Waals surface area contributed by atoms with Gasteiger partial charge in [0, 0.05) is 36.8 Å². The lowest BCUT2D eigenvalue weighted by Gasteiger charge is -2.26. The summed E-state index contributed by atoms with van der Waals surface area (Å²) in [6.45, 7) is 6.64. The average Bonchev–Trinajstić information content (AvgIpc) is 3.57. The average molecular weight is 742 g/mol. The molecule has 1 aromatic heterocycles. The Hall–Kier alpha value is -4.89. The highest BCUT2D eigenvalue weighted by atomic mass is 35.5. The first-order valence-electron chi connectivity index (χ1n) is 17.4. The van der Waals surface area contributed by atoms with Crippen molar-refractivity contribution in [3.63, 3.8) is 0 Å². The lowest BCUT2D eigenvalue weighted by atomic mass is 10.0. The van der Waals surface area contributed by atoms with E-state index in [2.05, 4.69) is 26.3 Å². The molecule has 1 aliphatic heterocycles. The van der Waals surface area contributed by atoms with Crippen LogP contribution in [0.5, 0.6) is 17.2 Å². The zero-order valence-electron chi connectivity index (χ0n) is 30.0. The second-order valence-electron chi connectivity index (χ2n) is 13.0. The Bertz CT molecular complexity index is 1650. The molecule has 4 rings (SSSR count). The summed E-state index contributed by atoms with van der Waals surface area (Å²) in [5, 5.41) is 27.6. The van der Waals surface area contributed by atoms with Gasteiger partial charge >= 0.3 is 0 Å². The fourth-order valence-electron chi connectivity index (χ4n) is 5.50. The summed E-state index contributed by atoms with van der Waals surface area (Å²) in [6.07, 6.45) is 2.47. The number of aryl methyl sites for hydroxylation is 1. The third-order valence-corrected chi connectivity index (χ3v) is 8.53. The van der Waals surface area contributed by atoms with Gasteiger partial charge in [0.2, 0.25) is 11.8 Å². The Morgan fingerprint density at radius 1 is 1.02 bits per heavy atom. The van der Waals surface area contributed by atoms with E-state index >= 15 is 0 Å². The van der Waals surface area contributed by atoms with Crippen molar-refractivity contribution in [1.29, 1.82) is 0 Å². The summed E-state index contributed by atoms with van der Waals surface area (Å²) in [7, 11) is 1.48. The van der Waals surface area contributed by atoms with Crippen molar-refractivity contribution in [1.82, 2.24) is 35.8 Å². The van der Waals surface area contributed by atoms with Crippen molar-refractivity contribution < 1.29 is 38.5 Å². The van der Waals surface area contributed by atoms with E-state index in [0.717, 1.165) is 0 Å². The van der Waals surface area contributed by atoms with Gasteiger partial charge in [0.25, 0.3) is 11.8 Å². The molecule has 4 N–H and O–H groups in total. The van der Waals surface area contributed by atoms with Gasteiger partial charge < -0.3 is 40.2 Å². The first kappa shape index (κ1) is 39.9. The third kappa shape index (κ3) is 12.1. The number of halogens is 1. The number of aliphatic hydroxyl groups excluding tert-OH is 1. The molecule has 3 aromatic rings. The number of rotatable bonds is 7. The molecule has 1 aliphatic rings. The number of ether oxygens (including phenoxy) is 3. The third-order valence-electron chi connectivity index (χ3n) is 8.28. The largest absolute Gasteiger partial charge is 0.493 e. The first-order valence-corrected chi connectivity index (χ1v) is 17.7. The topological polar surface area (TPSA) is 186 Å². The minimum atomic E-state index is -1.26. The number of nitrogens with one attached hydrogen (secondary N) is 3. The van der Waals surface area contributed by atoms with Crippen LogP contribution in [0.1, 0.15) is 62.5 Å². The standard InChI is InChI=1S/C36H48ClN7O8/c1-23(2)18-29-35(48)40-33(24(3)45)36(49)38-14-5-6-15-43(32(46)22-51-28-11-9-26(37)10-12-28)16-7-17-44-20-27(41-42-44)21-52-31-19-25(34(47)39-29)8-13-30(31)50-4/h8-13,19-20,23-24,29,33,45H,5-7,14-18,21-22H2,1-4H3,(H,38,49)(H,39,47)(H,40,48)/t24-,29-,33+/m1/s1. The number of methoxy groups -OCH3 is 1. The molecule has 0 spiro atoms. The summed E-state index contributed by atoms with van der Waals surface area (Å²) in [6, 6.07) is 9.14. The second kappa shape index (κ2) is 19.6. The molecule has 3 atom stereocenters. The van der Waals surface area contributed by atoms with Crippen molar-refractivity contribution in [2.45, 2.75) is 77.8 Å². The van der Waals surface area contributed by atoms with Crippen molar-refractivity contribution in [2.24, 2.45) is 5.92 Å². The lowest BCUT2D eigenvalue weighted by Crippen LogP contribution is -2.57. The van der Waals surface area contributed by atoms with Crippen molar-refractivity contribution >= 4 is 35.2 Å². The van der Waals surface area contributed by atoms with Crippen LogP contribution in [0.3, 0.4) is 0 Å².